The minimum Gasteiger partial charge on any atom is -0.543 e. The van der Waals surface area contributed by atoms with Gasteiger partial charge in [-0.15, -0.1) is 0 Å². The second-order valence-electron chi connectivity index (χ2n) is 11.1. The molecule has 0 bridgehead atoms. The van der Waals surface area contributed by atoms with Gasteiger partial charge in [0.1, 0.15) is 5.75 Å². The van der Waals surface area contributed by atoms with E-state index in [1.165, 1.54) is 0 Å². The van der Waals surface area contributed by atoms with E-state index in [0.29, 0.717) is 0 Å². The first kappa shape index (κ1) is 24.7. The predicted molar refractivity (Wildman–Crippen MR) is 143 cm³/mol. The number of rotatable bonds is 5. The maximum absolute atomic E-state index is 13.0. The molecule has 1 saturated heterocycles. The fraction of sp³-hybridized carbons (Fsp3) is 0.464. The maximum atomic E-state index is 13.0. The molecule has 0 amide bonds. The van der Waals surface area contributed by atoms with E-state index in [1.54, 1.807) is 0 Å². The van der Waals surface area contributed by atoms with Crippen LogP contribution in [0.15, 0.2) is 41.2 Å². The molecule has 0 radical (unpaired) electrons. The van der Waals surface area contributed by atoms with E-state index in [9.17, 15) is 4.79 Å². The van der Waals surface area contributed by atoms with E-state index in [0.717, 1.165) is 77.3 Å². The zero-order chi connectivity index (χ0) is 24.7. The zero-order valence-corrected chi connectivity index (χ0v) is 22.7. The molecule has 182 valence electrons. The molecule has 1 aliphatic heterocycles. The van der Waals surface area contributed by atoms with Gasteiger partial charge in [-0.1, -0.05) is 32.9 Å². The second-order valence-corrected chi connectivity index (χ2v) is 15.8. The fourth-order valence-corrected chi connectivity index (χ4v) is 5.39. The lowest BCUT2D eigenvalue weighted by Gasteiger charge is -2.37. The summed E-state index contributed by atoms with van der Waals surface area (Å²) in [5, 5.41) is 1.83. The molecule has 6 heteroatoms. The van der Waals surface area contributed by atoms with Crippen molar-refractivity contribution >= 4 is 19.1 Å². The molecule has 0 spiro atoms. The summed E-state index contributed by atoms with van der Waals surface area (Å²) in [6.45, 7) is 19.7. The Bertz CT molecular complexity index is 1230. The number of hydrogen-bond acceptors (Lipinski definition) is 4. The van der Waals surface area contributed by atoms with E-state index in [-0.39, 0.29) is 10.6 Å². The lowest BCUT2D eigenvalue weighted by Crippen LogP contribution is -2.44. The number of pyridine rings is 1. The summed E-state index contributed by atoms with van der Waals surface area (Å²) >= 11 is 0. The molecule has 1 aromatic heterocycles. The molecular formula is C28H38N2O3Si. The Labute approximate surface area is 204 Å². The normalized spacial score (nSPS) is 15.6. The van der Waals surface area contributed by atoms with E-state index in [2.05, 4.69) is 87.9 Å². The highest BCUT2D eigenvalue weighted by Crippen LogP contribution is 2.40. The molecule has 1 N–H and O–H groups in total. The largest absolute Gasteiger partial charge is 0.543 e. The smallest absolute Gasteiger partial charge is 0.256 e. The number of H-pyrrole nitrogens is 1. The van der Waals surface area contributed by atoms with Crippen LogP contribution in [0.4, 0.5) is 0 Å². The number of nitrogens with zero attached hydrogens (tertiary/aromatic N) is 1. The number of fused-ring (bicyclic) bond motifs is 1. The average molecular weight is 479 g/mol. The van der Waals surface area contributed by atoms with E-state index in [4.69, 9.17) is 9.16 Å². The van der Waals surface area contributed by atoms with Crippen LogP contribution in [0.2, 0.25) is 18.1 Å². The number of aromatic nitrogens is 1. The Kier molecular flexibility index (Phi) is 6.77. The first-order valence-corrected chi connectivity index (χ1v) is 15.1. The summed E-state index contributed by atoms with van der Waals surface area (Å²) in [4.78, 5) is 18.5. The minimum atomic E-state index is -1.94. The lowest BCUT2D eigenvalue weighted by atomic mass is 10.0. The molecule has 0 saturated carbocycles. The third kappa shape index (κ3) is 5.14. The quantitative estimate of drug-likeness (QED) is 0.455. The van der Waals surface area contributed by atoms with Gasteiger partial charge in [-0.25, -0.2) is 0 Å². The van der Waals surface area contributed by atoms with E-state index >= 15 is 0 Å². The van der Waals surface area contributed by atoms with Crippen LogP contribution in [0.5, 0.6) is 5.75 Å². The Balaban J connectivity index is 1.64. The average Bonchev–Trinajstić information content (AvgIpc) is 2.76. The first-order chi connectivity index (χ1) is 15.9. The topological polar surface area (TPSA) is 54.6 Å². The van der Waals surface area contributed by atoms with Crippen molar-refractivity contribution in [3.63, 3.8) is 0 Å². The van der Waals surface area contributed by atoms with Gasteiger partial charge < -0.3 is 14.1 Å². The van der Waals surface area contributed by atoms with Gasteiger partial charge in [0.15, 0.2) is 0 Å². The van der Waals surface area contributed by atoms with Gasteiger partial charge >= 0.3 is 0 Å². The Morgan fingerprint density at radius 2 is 1.68 bits per heavy atom. The second kappa shape index (κ2) is 9.32. The van der Waals surface area contributed by atoms with Crippen molar-refractivity contribution in [3.05, 3.63) is 63.4 Å². The molecule has 2 heterocycles. The molecule has 4 rings (SSSR count). The summed E-state index contributed by atoms with van der Waals surface area (Å²) < 4.78 is 12.1. The Hall–Kier alpha value is -2.41. The van der Waals surface area contributed by atoms with Crippen LogP contribution in [0, 0.1) is 13.8 Å². The van der Waals surface area contributed by atoms with Crippen molar-refractivity contribution < 1.29 is 9.16 Å². The predicted octanol–water partition coefficient (Wildman–Crippen LogP) is 6.03. The van der Waals surface area contributed by atoms with Gasteiger partial charge in [-0.3, -0.25) is 9.69 Å². The SMILES string of the molecule is Cc1cc(-c2cc3ccc(CN4CCOCC4)cc3c(=O)[nH]2)cc(C)c1O[Si](C)(C)C(C)(C)C. The minimum absolute atomic E-state index is 0.0479. The molecule has 3 aromatic rings. The molecule has 1 fully saturated rings. The number of benzene rings is 2. The highest BCUT2D eigenvalue weighted by Gasteiger charge is 2.39. The van der Waals surface area contributed by atoms with Crippen molar-refractivity contribution in [2.45, 2.75) is 59.3 Å². The van der Waals surface area contributed by atoms with Crippen LogP contribution >= 0.6 is 0 Å². The molecular weight excluding hydrogens is 440 g/mol. The van der Waals surface area contributed by atoms with Crippen molar-refractivity contribution in [1.29, 1.82) is 0 Å². The highest BCUT2D eigenvalue weighted by atomic mass is 28.4. The standard InChI is InChI=1S/C28H38N2O3Si/c1-19-14-23(15-20(2)26(19)33-34(6,7)28(3,4)5)25-17-22-9-8-21(16-24(22)27(31)29-25)18-30-10-12-32-13-11-30/h8-9,14-17H,10-13,18H2,1-7H3,(H,29,31). The summed E-state index contributed by atoms with van der Waals surface area (Å²) in [6, 6.07) is 12.6. The monoisotopic (exact) mass is 478 g/mol. The van der Waals surface area contributed by atoms with Crippen LogP contribution in [0.25, 0.3) is 22.0 Å². The van der Waals surface area contributed by atoms with Crippen LogP contribution in [0.3, 0.4) is 0 Å². The molecule has 1 aliphatic rings. The third-order valence-corrected chi connectivity index (χ3v) is 11.7. The van der Waals surface area contributed by atoms with Crippen LogP contribution in [-0.2, 0) is 11.3 Å². The molecule has 34 heavy (non-hydrogen) atoms. The van der Waals surface area contributed by atoms with Crippen LogP contribution < -0.4 is 9.99 Å². The van der Waals surface area contributed by atoms with E-state index in [1.807, 2.05) is 6.07 Å². The molecule has 0 unspecified atom stereocenters. The maximum Gasteiger partial charge on any atom is 0.256 e. The number of morpholine rings is 1. The van der Waals surface area contributed by atoms with Gasteiger partial charge in [0, 0.05) is 30.7 Å². The van der Waals surface area contributed by atoms with Crippen molar-refractivity contribution in [2.24, 2.45) is 0 Å². The molecule has 5 nitrogen and oxygen atoms in total. The van der Waals surface area contributed by atoms with Crippen LogP contribution in [0.1, 0.15) is 37.5 Å². The van der Waals surface area contributed by atoms with E-state index < -0.39 is 8.32 Å². The number of hydrogen-bond donors (Lipinski definition) is 1. The molecule has 0 aliphatic carbocycles. The number of nitrogens with one attached hydrogen (secondary N) is 1. The van der Waals surface area contributed by atoms with Crippen LogP contribution in [-0.4, -0.2) is 44.5 Å². The lowest BCUT2D eigenvalue weighted by molar-refractivity contribution is 0.0342. The summed E-state index contributed by atoms with van der Waals surface area (Å²) in [7, 11) is -1.94. The molecule has 0 atom stereocenters. The van der Waals surface area contributed by atoms with Crippen molar-refractivity contribution in [3.8, 4) is 17.0 Å². The summed E-state index contributed by atoms with van der Waals surface area (Å²) in [6.07, 6.45) is 0. The summed E-state index contributed by atoms with van der Waals surface area (Å²) in [5.74, 6) is 0.978. The van der Waals surface area contributed by atoms with Gasteiger partial charge in [0.05, 0.1) is 13.2 Å². The highest BCUT2D eigenvalue weighted by molar-refractivity contribution is 6.74. The summed E-state index contributed by atoms with van der Waals surface area (Å²) in [5.41, 5.74) is 5.15. The van der Waals surface area contributed by atoms with Gasteiger partial charge in [0.2, 0.25) is 0 Å². The van der Waals surface area contributed by atoms with Gasteiger partial charge in [-0.2, -0.15) is 0 Å². The van der Waals surface area contributed by atoms with Crippen molar-refractivity contribution in [1.82, 2.24) is 9.88 Å². The zero-order valence-electron chi connectivity index (χ0n) is 21.7. The van der Waals surface area contributed by atoms with Crippen molar-refractivity contribution in [2.75, 3.05) is 26.3 Å². The first-order valence-electron chi connectivity index (χ1n) is 12.2. The molecule has 2 aromatic carbocycles. The number of ether oxygens (including phenoxy) is 1. The van der Waals surface area contributed by atoms with Gasteiger partial charge in [0.25, 0.3) is 13.9 Å². The Morgan fingerprint density at radius 1 is 1.03 bits per heavy atom. The number of aromatic amines is 1. The van der Waals surface area contributed by atoms with Gasteiger partial charge in [-0.05, 0) is 83.9 Å². The third-order valence-electron chi connectivity index (χ3n) is 7.35. The fourth-order valence-electron chi connectivity index (χ4n) is 4.25. The number of aryl methyl sites for hydroxylation is 2. The Morgan fingerprint density at radius 3 is 2.29 bits per heavy atom.